The van der Waals surface area contributed by atoms with Crippen molar-refractivity contribution in [2.45, 2.75) is 52.1 Å². The van der Waals surface area contributed by atoms with Gasteiger partial charge >= 0.3 is 11.9 Å². The maximum absolute atomic E-state index is 12.6. The van der Waals surface area contributed by atoms with Crippen LogP contribution in [0.4, 0.5) is 5.69 Å². The van der Waals surface area contributed by atoms with Gasteiger partial charge in [0.05, 0.1) is 11.1 Å². The SMILES string of the molecule is CC(C)(C)OC(=O)c1c(N)ccc(C(=O)O)c1C(=O)CCCCCN. The first-order valence-corrected chi connectivity index (χ1v) is 8.21. The summed E-state index contributed by atoms with van der Waals surface area (Å²) in [5, 5.41) is 9.39. The molecule has 25 heavy (non-hydrogen) atoms. The number of ketones is 1. The van der Waals surface area contributed by atoms with Crippen molar-refractivity contribution in [1.29, 1.82) is 0 Å². The Kier molecular flexibility index (Phi) is 7.11. The van der Waals surface area contributed by atoms with Gasteiger partial charge in [0, 0.05) is 17.7 Å². The van der Waals surface area contributed by atoms with Crippen LogP contribution in [0.5, 0.6) is 0 Å². The van der Waals surface area contributed by atoms with Crippen LogP contribution in [0.25, 0.3) is 0 Å². The van der Waals surface area contributed by atoms with E-state index in [1.807, 2.05) is 0 Å². The van der Waals surface area contributed by atoms with E-state index in [1.165, 1.54) is 12.1 Å². The first-order chi connectivity index (χ1) is 11.6. The molecule has 0 aromatic heterocycles. The maximum Gasteiger partial charge on any atom is 0.341 e. The third kappa shape index (κ3) is 5.86. The molecule has 0 amide bonds. The van der Waals surface area contributed by atoms with Crippen LogP contribution in [-0.2, 0) is 4.74 Å². The van der Waals surface area contributed by atoms with Gasteiger partial charge in [-0.05, 0) is 52.3 Å². The molecule has 0 aliphatic carbocycles. The summed E-state index contributed by atoms with van der Waals surface area (Å²) in [5.41, 5.74) is 9.88. The van der Waals surface area contributed by atoms with Crippen molar-refractivity contribution in [2.24, 2.45) is 5.73 Å². The monoisotopic (exact) mass is 350 g/mol. The van der Waals surface area contributed by atoms with Crippen LogP contribution in [-0.4, -0.2) is 35.0 Å². The lowest BCUT2D eigenvalue weighted by molar-refractivity contribution is 0.00689. The zero-order chi connectivity index (χ0) is 19.2. The van der Waals surface area contributed by atoms with Gasteiger partial charge in [0.25, 0.3) is 0 Å². The average Bonchev–Trinajstić information content (AvgIpc) is 2.48. The maximum atomic E-state index is 12.6. The van der Waals surface area contributed by atoms with Gasteiger partial charge in [-0.2, -0.15) is 0 Å². The highest BCUT2D eigenvalue weighted by Gasteiger charge is 2.29. The van der Waals surface area contributed by atoms with Crippen molar-refractivity contribution in [3.8, 4) is 0 Å². The molecule has 0 unspecified atom stereocenters. The van der Waals surface area contributed by atoms with Crippen molar-refractivity contribution in [1.82, 2.24) is 0 Å². The predicted octanol–water partition coefficient (Wildman–Crippen LogP) is 2.62. The van der Waals surface area contributed by atoms with Crippen LogP contribution in [0.1, 0.15) is 77.5 Å². The van der Waals surface area contributed by atoms with E-state index in [-0.39, 0.29) is 28.8 Å². The molecule has 138 valence electrons. The largest absolute Gasteiger partial charge is 0.478 e. The molecule has 5 N–H and O–H groups in total. The molecule has 1 aromatic carbocycles. The summed E-state index contributed by atoms with van der Waals surface area (Å²) in [6.45, 7) is 5.55. The van der Waals surface area contributed by atoms with E-state index in [1.54, 1.807) is 20.8 Å². The Morgan fingerprint density at radius 3 is 2.24 bits per heavy atom. The van der Waals surface area contributed by atoms with Crippen LogP contribution in [0, 0.1) is 0 Å². The number of carboxylic acid groups (broad SMARTS) is 1. The Hall–Kier alpha value is -2.41. The van der Waals surface area contributed by atoms with Crippen LogP contribution >= 0.6 is 0 Å². The predicted molar refractivity (Wildman–Crippen MR) is 94.8 cm³/mol. The zero-order valence-electron chi connectivity index (χ0n) is 14.9. The first kappa shape index (κ1) is 20.6. The minimum absolute atomic E-state index is 0.0181. The third-order valence-corrected chi connectivity index (χ3v) is 3.46. The molecular weight excluding hydrogens is 324 g/mol. The number of nitrogen functional groups attached to an aromatic ring is 1. The summed E-state index contributed by atoms with van der Waals surface area (Å²) < 4.78 is 5.29. The number of unbranched alkanes of at least 4 members (excludes halogenated alkanes) is 2. The third-order valence-electron chi connectivity index (χ3n) is 3.46. The van der Waals surface area contributed by atoms with Crippen LogP contribution in [0.2, 0.25) is 0 Å². The second-order valence-corrected chi connectivity index (χ2v) is 6.78. The first-order valence-electron chi connectivity index (χ1n) is 8.21. The van der Waals surface area contributed by atoms with Gasteiger partial charge < -0.3 is 21.3 Å². The molecule has 7 nitrogen and oxygen atoms in total. The normalized spacial score (nSPS) is 11.2. The number of ether oxygens (including phenoxy) is 1. The second-order valence-electron chi connectivity index (χ2n) is 6.78. The Bertz CT molecular complexity index is 662. The molecular formula is C18H26N2O5. The van der Waals surface area contributed by atoms with Gasteiger partial charge in [-0.1, -0.05) is 6.42 Å². The Labute approximate surface area is 147 Å². The number of aromatic carboxylic acids is 1. The fourth-order valence-corrected chi connectivity index (χ4v) is 2.37. The highest BCUT2D eigenvalue weighted by molar-refractivity contribution is 6.14. The van der Waals surface area contributed by atoms with Crippen LogP contribution < -0.4 is 11.5 Å². The molecule has 0 saturated carbocycles. The van der Waals surface area contributed by atoms with Gasteiger partial charge in [-0.3, -0.25) is 4.79 Å². The number of hydrogen-bond acceptors (Lipinski definition) is 6. The van der Waals surface area contributed by atoms with E-state index in [0.717, 1.165) is 12.8 Å². The second kappa shape index (κ2) is 8.62. The molecule has 0 atom stereocenters. The highest BCUT2D eigenvalue weighted by atomic mass is 16.6. The minimum Gasteiger partial charge on any atom is -0.478 e. The molecule has 0 fully saturated rings. The van der Waals surface area contributed by atoms with Gasteiger partial charge in [0.1, 0.15) is 5.60 Å². The number of carbonyl (C=O) groups excluding carboxylic acids is 2. The number of carbonyl (C=O) groups is 3. The van der Waals surface area contributed by atoms with Crippen molar-refractivity contribution < 1.29 is 24.2 Å². The smallest absolute Gasteiger partial charge is 0.341 e. The lowest BCUT2D eigenvalue weighted by atomic mass is 9.93. The molecule has 0 saturated heterocycles. The van der Waals surface area contributed by atoms with E-state index < -0.39 is 23.3 Å². The van der Waals surface area contributed by atoms with E-state index in [0.29, 0.717) is 13.0 Å². The number of benzene rings is 1. The van der Waals surface area contributed by atoms with Gasteiger partial charge in [0.15, 0.2) is 5.78 Å². The Morgan fingerprint density at radius 2 is 1.72 bits per heavy atom. The van der Waals surface area contributed by atoms with Crippen molar-refractivity contribution >= 4 is 23.4 Å². The van der Waals surface area contributed by atoms with E-state index >= 15 is 0 Å². The fraction of sp³-hybridized carbons (Fsp3) is 0.500. The Balaban J connectivity index is 3.30. The lowest BCUT2D eigenvalue weighted by Gasteiger charge is -2.21. The lowest BCUT2D eigenvalue weighted by Crippen LogP contribution is -2.27. The molecule has 0 aliphatic heterocycles. The average molecular weight is 350 g/mol. The van der Waals surface area contributed by atoms with Crippen LogP contribution in [0.15, 0.2) is 12.1 Å². The fourth-order valence-electron chi connectivity index (χ4n) is 2.37. The quantitative estimate of drug-likeness (QED) is 0.284. The molecule has 0 bridgehead atoms. The van der Waals surface area contributed by atoms with E-state index in [2.05, 4.69) is 0 Å². The number of rotatable bonds is 8. The zero-order valence-corrected chi connectivity index (χ0v) is 14.9. The number of anilines is 1. The van der Waals surface area contributed by atoms with Gasteiger partial charge in [0.2, 0.25) is 0 Å². The molecule has 0 aliphatic rings. The summed E-state index contributed by atoms with van der Waals surface area (Å²) in [5.74, 6) is -2.55. The summed E-state index contributed by atoms with van der Waals surface area (Å²) in [6.07, 6.45) is 2.18. The molecule has 0 radical (unpaired) electrons. The molecule has 0 heterocycles. The molecule has 1 aromatic rings. The van der Waals surface area contributed by atoms with E-state index in [9.17, 15) is 19.5 Å². The standard InChI is InChI=1S/C18H26N2O5/c1-18(2,3)25-17(24)15-12(20)9-8-11(16(22)23)14(15)13(21)7-5-4-6-10-19/h8-9H,4-7,10,19-20H2,1-3H3,(H,22,23). The number of nitrogens with two attached hydrogens (primary N) is 2. The number of Topliss-reactive ketones (excluding diaryl/α,β-unsaturated/α-hetero) is 1. The minimum atomic E-state index is -1.30. The van der Waals surface area contributed by atoms with Crippen molar-refractivity contribution in [2.75, 3.05) is 12.3 Å². The number of carboxylic acids is 1. The summed E-state index contributed by atoms with van der Waals surface area (Å²) in [6, 6.07) is 2.53. The summed E-state index contributed by atoms with van der Waals surface area (Å²) in [7, 11) is 0. The van der Waals surface area contributed by atoms with Crippen molar-refractivity contribution in [3.05, 3.63) is 28.8 Å². The number of hydrogen-bond donors (Lipinski definition) is 3. The van der Waals surface area contributed by atoms with Crippen molar-refractivity contribution in [3.63, 3.8) is 0 Å². The topological polar surface area (TPSA) is 133 Å². The molecule has 0 spiro atoms. The van der Waals surface area contributed by atoms with Gasteiger partial charge in [-0.15, -0.1) is 0 Å². The Morgan fingerprint density at radius 1 is 1.08 bits per heavy atom. The van der Waals surface area contributed by atoms with Gasteiger partial charge in [-0.25, -0.2) is 9.59 Å². The highest BCUT2D eigenvalue weighted by Crippen LogP contribution is 2.26. The number of esters is 1. The molecule has 1 rings (SSSR count). The van der Waals surface area contributed by atoms with Crippen LogP contribution in [0.3, 0.4) is 0 Å². The molecule has 7 heteroatoms. The summed E-state index contributed by atoms with van der Waals surface area (Å²) in [4.78, 5) is 36.6. The van der Waals surface area contributed by atoms with E-state index in [4.69, 9.17) is 16.2 Å². The summed E-state index contributed by atoms with van der Waals surface area (Å²) >= 11 is 0.